The van der Waals surface area contributed by atoms with Crippen molar-refractivity contribution in [2.24, 2.45) is 0 Å². The molecule has 0 unspecified atom stereocenters. The average molecular weight is 417 g/mol. The van der Waals surface area contributed by atoms with Gasteiger partial charge in [0.2, 0.25) is 0 Å². The van der Waals surface area contributed by atoms with Gasteiger partial charge in [0.05, 0.1) is 12.7 Å². The Labute approximate surface area is 170 Å². The minimum Gasteiger partial charge on any atom is -0.496 e. The highest BCUT2D eigenvalue weighted by atomic mass is 32.2. The van der Waals surface area contributed by atoms with Crippen LogP contribution >= 0.6 is 11.8 Å². The fourth-order valence-corrected chi connectivity index (χ4v) is 3.55. The first-order valence-corrected chi connectivity index (χ1v) is 9.69. The molecule has 0 aliphatic carbocycles. The van der Waals surface area contributed by atoms with Gasteiger partial charge in [-0.3, -0.25) is 4.79 Å². The van der Waals surface area contributed by atoms with Gasteiger partial charge in [0, 0.05) is 27.5 Å². The quantitative estimate of drug-likeness (QED) is 0.481. The normalized spacial score (nSPS) is 11.2. The number of amides is 1. The number of halogens is 3. The fraction of sp³-hybridized carbons (Fsp3) is 0.136. The van der Waals surface area contributed by atoms with E-state index < -0.39 is 17.6 Å². The Bertz CT molecular complexity index is 974. The van der Waals surface area contributed by atoms with Crippen LogP contribution in [0, 0.1) is 0 Å². The maximum Gasteiger partial charge on any atom is 0.416 e. The number of carbonyl (C=O) groups is 1. The van der Waals surface area contributed by atoms with Gasteiger partial charge in [-0.2, -0.15) is 13.2 Å². The fourth-order valence-electron chi connectivity index (χ4n) is 2.66. The molecule has 0 aromatic heterocycles. The van der Waals surface area contributed by atoms with Crippen molar-refractivity contribution < 1.29 is 22.7 Å². The van der Waals surface area contributed by atoms with Crippen LogP contribution in [0.25, 0.3) is 0 Å². The van der Waals surface area contributed by atoms with E-state index in [9.17, 15) is 18.0 Å². The van der Waals surface area contributed by atoms with Crippen LogP contribution in [-0.4, -0.2) is 13.0 Å². The van der Waals surface area contributed by atoms with Crippen molar-refractivity contribution >= 4 is 23.4 Å². The number of benzene rings is 3. The van der Waals surface area contributed by atoms with Crippen LogP contribution in [0.5, 0.6) is 5.75 Å². The first-order chi connectivity index (χ1) is 13.9. The van der Waals surface area contributed by atoms with E-state index in [2.05, 4.69) is 5.32 Å². The molecule has 3 aromatic rings. The number of nitrogens with one attached hydrogen (secondary N) is 1. The summed E-state index contributed by atoms with van der Waals surface area (Å²) in [6.45, 7) is 0. The highest BCUT2D eigenvalue weighted by Gasteiger charge is 2.30. The minimum atomic E-state index is -4.41. The van der Waals surface area contributed by atoms with Crippen molar-refractivity contribution in [3.05, 3.63) is 89.5 Å². The molecule has 0 spiro atoms. The molecule has 0 saturated heterocycles. The molecule has 29 heavy (non-hydrogen) atoms. The predicted octanol–water partition coefficient (Wildman–Crippen LogP) is 6.26. The molecule has 7 heteroatoms. The molecule has 150 valence electrons. The van der Waals surface area contributed by atoms with Crippen molar-refractivity contribution in [3.8, 4) is 5.75 Å². The molecule has 0 bridgehead atoms. The van der Waals surface area contributed by atoms with Gasteiger partial charge in [0.15, 0.2) is 0 Å². The third kappa shape index (κ3) is 5.54. The lowest BCUT2D eigenvalue weighted by atomic mass is 10.1. The first kappa shape index (κ1) is 20.8. The number of hydrogen-bond donors (Lipinski definition) is 1. The van der Waals surface area contributed by atoms with Crippen molar-refractivity contribution in [3.63, 3.8) is 0 Å². The molecule has 0 aliphatic heterocycles. The molecule has 0 atom stereocenters. The maximum absolute atomic E-state index is 12.7. The second-order valence-electron chi connectivity index (χ2n) is 6.16. The van der Waals surface area contributed by atoms with E-state index in [1.54, 1.807) is 37.1 Å². The van der Waals surface area contributed by atoms with Crippen LogP contribution in [-0.2, 0) is 11.9 Å². The highest BCUT2D eigenvalue weighted by molar-refractivity contribution is 7.98. The van der Waals surface area contributed by atoms with E-state index in [1.165, 1.54) is 12.1 Å². The van der Waals surface area contributed by atoms with Gasteiger partial charge in [-0.1, -0.05) is 18.2 Å². The molecule has 3 nitrogen and oxygen atoms in total. The lowest BCUT2D eigenvalue weighted by Gasteiger charge is -2.12. The summed E-state index contributed by atoms with van der Waals surface area (Å²) in [5.41, 5.74) is 0.773. The summed E-state index contributed by atoms with van der Waals surface area (Å²) in [6, 6.07) is 19.2. The van der Waals surface area contributed by atoms with E-state index in [-0.39, 0.29) is 0 Å². The lowest BCUT2D eigenvalue weighted by Crippen LogP contribution is -2.13. The second-order valence-corrected chi connectivity index (χ2v) is 7.21. The number of methoxy groups -OCH3 is 1. The summed E-state index contributed by atoms with van der Waals surface area (Å²) in [6.07, 6.45) is -4.41. The van der Waals surface area contributed by atoms with Gasteiger partial charge in [-0.25, -0.2) is 0 Å². The second kappa shape index (κ2) is 9.05. The van der Waals surface area contributed by atoms with Crippen LogP contribution in [0.15, 0.2) is 77.7 Å². The third-order valence-electron chi connectivity index (χ3n) is 4.15. The Morgan fingerprint density at radius 1 is 1.00 bits per heavy atom. The number of anilines is 1. The number of alkyl halides is 3. The summed E-state index contributed by atoms with van der Waals surface area (Å²) in [5, 5.41) is 2.62. The molecule has 3 rings (SSSR count). The van der Waals surface area contributed by atoms with Crippen LogP contribution in [0.1, 0.15) is 21.5 Å². The summed E-state index contributed by atoms with van der Waals surface area (Å²) in [7, 11) is 1.56. The molecule has 0 fully saturated rings. The van der Waals surface area contributed by atoms with Crippen molar-refractivity contribution in [2.45, 2.75) is 16.8 Å². The Kier molecular flexibility index (Phi) is 6.49. The standard InChI is InChI=1S/C22H18F3NO2S/c1-28-20-12-7-15(13-16(20)14-29-19-5-3-2-4-6-19)21(27)26-18-10-8-17(9-11-18)22(23,24)25/h2-13H,14H2,1H3,(H,26,27). The Hall–Kier alpha value is -2.93. The molecule has 1 amide bonds. The van der Waals surface area contributed by atoms with Gasteiger partial charge in [-0.05, 0) is 54.6 Å². The van der Waals surface area contributed by atoms with Crippen LogP contribution in [0.2, 0.25) is 0 Å². The zero-order chi connectivity index (χ0) is 20.9. The molecule has 0 saturated carbocycles. The van der Waals surface area contributed by atoms with E-state index >= 15 is 0 Å². The van der Waals surface area contributed by atoms with Crippen molar-refractivity contribution in [1.82, 2.24) is 0 Å². The third-order valence-corrected chi connectivity index (χ3v) is 5.21. The van der Waals surface area contributed by atoms with E-state index in [0.717, 1.165) is 22.6 Å². The van der Waals surface area contributed by atoms with Gasteiger partial charge in [-0.15, -0.1) is 11.8 Å². The Balaban J connectivity index is 1.73. The number of rotatable bonds is 6. The SMILES string of the molecule is COc1ccc(C(=O)Nc2ccc(C(F)(F)F)cc2)cc1CSc1ccccc1. The zero-order valence-electron chi connectivity index (χ0n) is 15.5. The van der Waals surface area contributed by atoms with Crippen LogP contribution in [0.3, 0.4) is 0 Å². The molecular formula is C22H18F3NO2S. The lowest BCUT2D eigenvalue weighted by molar-refractivity contribution is -0.137. The van der Waals surface area contributed by atoms with Crippen LogP contribution < -0.4 is 10.1 Å². The molecule has 1 N–H and O–H groups in total. The summed E-state index contributed by atoms with van der Waals surface area (Å²) in [4.78, 5) is 13.6. The number of carbonyl (C=O) groups excluding carboxylic acids is 1. The molecular weight excluding hydrogens is 399 g/mol. The Morgan fingerprint density at radius 2 is 1.69 bits per heavy atom. The average Bonchev–Trinajstić information content (AvgIpc) is 2.72. The largest absolute Gasteiger partial charge is 0.496 e. The van der Waals surface area contributed by atoms with Crippen molar-refractivity contribution in [1.29, 1.82) is 0 Å². The minimum absolute atomic E-state index is 0.291. The zero-order valence-corrected chi connectivity index (χ0v) is 16.3. The molecule has 0 aliphatic rings. The number of thioether (sulfide) groups is 1. The number of ether oxygens (including phenoxy) is 1. The van der Waals surface area contributed by atoms with Gasteiger partial charge in [0.1, 0.15) is 5.75 Å². The summed E-state index contributed by atoms with van der Waals surface area (Å²) >= 11 is 1.61. The topological polar surface area (TPSA) is 38.3 Å². The van der Waals surface area contributed by atoms with Gasteiger partial charge >= 0.3 is 6.18 Å². The predicted molar refractivity (Wildman–Crippen MR) is 108 cm³/mol. The van der Waals surface area contributed by atoms with Crippen molar-refractivity contribution in [2.75, 3.05) is 12.4 Å². The first-order valence-electron chi connectivity index (χ1n) is 8.70. The van der Waals surface area contributed by atoms with Gasteiger partial charge < -0.3 is 10.1 Å². The highest BCUT2D eigenvalue weighted by Crippen LogP contribution is 2.31. The molecule has 0 heterocycles. The molecule has 0 radical (unpaired) electrons. The van der Waals surface area contributed by atoms with Gasteiger partial charge in [0.25, 0.3) is 5.91 Å². The van der Waals surface area contributed by atoms with E-state index in [1.807, 2.05) is 30.3 Å². The molecule has 3 aromatic carbocycles. The monoisotopic (exact) mass is 417 g/mol. The maximum atomic E-state index is 12.7. The summed E-state index contributed by atoms with van der Waals surface area (Å²) < 4.78 is 43.4. The van der Waals surface area contributed by atoms with E-state index in [0.29, 0.717) is 22.8 Å². The number of hydrogen-bond acceptors (Lipinski definition) is 3. The Morgan fingerprint density at radius 3 is 2.31 bits per heavy atom. The van der Waals surface area contributed by atoms with E-state index in [4.69, 9.17) is 4.74 Å². The smallest absolute Gasteiger partial charge is 0.416 e. The van der Waals surface area contributed by atoms with Crippen LogP contribution in [0.4, 0.5) is 18.9 Å². The summed E-state index contributed by atoms with van der Waals surface area (Å²) in [5.74, 6) is 0.868.